The molecule has 112 valence electrons. The normalized spacial score (nSPS) is 14.9. The Morgan fingerprint density at radius 3 is 2.71 bits per heavy atom. The maximum Gasteiger partial charge on any atom is 0.282 e. The van der Waals surface area contributed by atoms with Crippen molar-refractivity contribution in [2.24, 2.45) is 0 Å². The molecule has 1 fully saturated rings. The van der Waals surface area contributed by atoms with E-state index in [9.17, 15) is 14.9 Å². The van der Waals surface area contributed by atoms with E-state index >= 15 is 0 Å². The summed E-state index contributed by atoms with van der Waals surface area (Å²) in [6, 6.07) is 4.18. The fraction of sp³-hybridized carbons (Fsp3) is 0.400. The molecule has 0 aliphatic heterocycles. The maximum absolute atomic E-state index is 12.7. The van der Waals surface area contributed by atoms with Crippen LogP contribution in [0.1, 0.15) is 36.0 Å². The van der Waals surface area contributed by atoms with E-state index in [1.54, 1.807) is 11.0 Å². The van der Waals surface area contributed by atoms with Crippen LogP contribution in [0.2, 0.25) is 5.02 Å². The third-order valence-corrected chi connectivity index (χ3v) is 3.97. The molecule has 1 aromatic carbocycles. The molecule has 2 rings (SSSR count). The SMILES string of the molecule is C=CCN(C(=O)c1cc(Cl)ccc1[N+](=O)[O-])C1CCCC1. The van der Waals surface area contributed by atoms with Gasteiger partial charge in [0.15, 0.2) is 0 Å². The highest BCUT2D eigenvalue weighted by atomic mass is 35.5. The zero-order valence-electron chi connectivity index (χ0n) is 11.6. The number of hydrogen-bond donors (Lipinski definition) is 0. The standard InChI is InChI=1S/C15H17ClN2O3/c1-2-9-17(12-5-3-4-6-12)15(19)13-10-11(16)7-8-14(13)18(20)21/h2,7-8,10,12H,1,3-6,9H2. The van der Waals surface area contributed by atoms with Crippen molar-refractivity contribution in [2.75, 3.05) is 6.54 Å². The molecule has 1 saturated carbocycles. The van der Waals surface area contributed by atoms with Gasteiger partial charge >= 0.3 is 0 Å². The molecule has 0 atom stereocenters. The number of nitro groups is 1. The molecule has 0 bridgehead atoms. The molecule has 0 heterocycles. The summed E-state index contributed by atoms with van der Waals surface area (Å²) in [5, 5.41) is 11.4. The van der Waals surface area contributed by atoms with Crippen molar-refractivity contribution in [3.05, 3.63) is 51.6 Å². The average molecular weight is 309 g/mol. The minimum Gasteiger partial charge on any atom is -0.332 e. The molecule has 0 radical (unpaired) electrons. The van der Waals surface area contributed by atoms with E-state index in [0.29, 0.717) is 11.6 Å². The number of nitro benzene ring substituents is 1. The second-order valence-electron chi connectivity index (χ2n) is 5.10. The fourth-order valence-corrected chi connectivity index (χ4v) is 2.92. The van der Waals surface area contributed by atoms with Gasteiger partial charge in [-0.05, 0) is 25.0 Å². The molecule has 0 N–H and O–H groups in total. The van der Waals surface area contributed by atoms with E-state index < -0.39 is 4.92 Å². The van der Waals surface area contributed by atoms with E-state index in [4.69, 9.17) is 11.6 Å². The van der Waals surface area contributed by atoms with E-state index in [2.05, 4.69) is 6.58 Å². The van der Waals surface area contributed by atoms with Crippen LogP contribution in [0.4, 0.5) is 5.69 Å². The Labute approximate surface area is 128 Å². The van der Waals surface area contributed by atoms with Crippen LogP contribution in [-0.2, 0) is 0 Å². The molecular weight excluding hydrogens is 292 g/mol. The Hall–Kier alpha value is -1.88. The summed E-state index contributed by atoms with van der Waals surface area (Å²) in [6.45, 7) is 4.05. The van der Waals surface area contributed by atoms with Crippen LogP contribution in [0.15, 0.2) is 30.9 Å². The largest absolute Gasteiger partial charge is 0.332 e. The minimum absolute atomic E-state index is 0.0428. The first-order valence-corrected chi connectivity index (χ1v) is 7.28. The predicted molar refractivity (Wildman–Crippen MR) is 81.6 cm³/mol. The molecular formula is C15H17ClN2O3. The number of nitrogens with zero attached hydrogens (tertiary/aromatic N) is 2. The lowest BCUT2D eigenvalue weighted by Crippen LogP contribution is -2.39. The molecule has 0 spiro atoms. The first kappa shape index (κ1) is 15.5. The molecule has 1 aliphatic rings. The van der Waals surface area contributed by atoms with Crippen LogP contribution in [0, 0.1) is 10.1 Å². The fourth-order valence-electron chi connectivity index (χ4n) is 2.75. The lowest BCUT2D eigenvalue weighted by atomic mass is 10.1. The van der Waals surface area contributed by atoms with Crippen molar-refractivity contribution < 1.29 is 9.72 Å². The number of halogens is 1. The molecule has 0 aromatic heterocycles. The Morgan fingerprint density at radius 1 is 1.48 bits per heavy atom. The first-order chi connectivity index (χ1) is 10.0. The van der Waals surface area contributed by atoms with Crippen molar-refractivity contribution in [3.8, 4) is 0 Å². The van der Waals surface area contributed by atoms with Gasteiger partial charge in [-0.1, -0.05) is 30.5 Å². The molecule has 21 heavy (non-hydrogen) atoms. The van der Waals surface area contributed by atoms with Crippen molar-refractivity contribution in [1.82, 2.24) is 4.90 Å². The summed E-state index contributed by atoms with van der Waals surface area (Å²) in [5.41, 5.74) is -0.169. The summed E-state index contributed by atoms with van der Waals surface area (Å²) in [7, 11) is 0. The number of rotatable bonds is 5. The summed E-state index contributed by atoms with van der Waals surface area (Å²) >= 11 is 5.89. The van der Waals surface area contributed by atoms with Gasteiger partial charge in [-0.25, -0.2) is 0 Å². The molecule has 1 aromatic rings. The van der Waals surface area contributed by atoms with Gasteiger partial charge in [0.05, 0.1) is 4.92 Å². The predicted octanol–water partition coefficient (Wildman–Crippen LogP) is 3.82. The maximum atomic E-state index is 12.7. The third kappa shape index (κ3) is 3.42. The van der Waals surface area contributed by atoms with Gasteiger partial charge in [-0.15, -0.1) is 6.58 Å². The summed E-state index contributed by atoms with van der Waals surface area (Å²) in [6.07, 6.45) is 5.64. The second kappa shape index (κ2) is 6.72. The molecule has 1 aliphatic carbocycles. The Balaban J connectivity index is 2.37. The van der Waals surface area contributed by atoms with Gasteiger partial charge < -0.3 is 4.90 Å². The lowest BCUT2D eigenvalue weighted by molar-refractivity contribution is -0.385. The summed E-state index contributed by atoms with van der Waals surface area (Å²) in [5.74, 6) is -0.351. The highest BCUT2D eigenvalue weighted by molar-refractivity contribution is 6.31. The quantitative estimate of drug-likeness (QED) is 0.472. The topological polar surface area (TPSA) is 63.5 Å². The van der Waals surface area contributed by atoms with Gasteiger partial charge in [-0.3, -0.25) is 14.9 Å². The minimum atomic E-state index is -0.551. The van der Waals surface area contributed by atoms with Crippen molar-refractivity contribution >= 4 is 23.2 Å². The Bertz CT molecular complexity index is 568. The van der Waals surface area contributed by atoms with E-state index in [0.717, 1.165) is 25.7 Å². The van der Waals surface area contributed by atoms with Gasteiger partial charge in [-0.2, -0.15) is 0 Å². The number of benzene rings is 1. The van der Waals surface area contributed by atoms with Crippen LogP contribution in [0.3, 0.4) is 0 Å². The van der Waals surface area contributed by atoms with Crippen LogP contribution >= 0.6 is 11.6 Å². The smallest absolute Gasteiger partial charge is 0.282 e. The van der Waals surface area contributed by atoms with Crippen LogP contribution in [0.25, 0.3) is 0 Å². The van der Waals surface area contributed by atoms with Gasteiger partial charge in [0.1, 0.15) is 5.56 Å². The zero-order valence-corrected chi connectivity index (χ0v) is 12.4. The van der Waals surface area contributed by atoms with Crippen molar-refractivity contribution in [1.29, 1.82) is 0 Å². The lowest BCUT2D eigenvalue weighted by Gasteiger charge is -2.27. The Kier molecular flexibility index (Phi) is 4.96. The monoisotopic (exact) mass is 308 g/mol. The highest BCUT2D eigenvalue weighted by Crippen LogP contribution is 2.29. The van der Waals surface area contributed by atoms with Crippen molar-refractivity contribution in [2.45, 2.75) is 31.7 Å². The third-order valence-electron chi connectivity index (χ3n) is 3.74. The molecule has 6 heteroatoms. The van der Waals surface area contributed by atoms with Crippen LogP contribution in [-0.4, -0.2) is 28.3 Å². The second-order valence-corrected chi connectivity index (χ2v) is 5.54. The van der Waals surface area contributed by atoms with Crippen molar-refractivity contribution in [3.63, 3.8) is 0 Å². The molecule has 5 nitrogen and oxygen atoms in total. The first-order valence-electron chi connectivity index (χ1n) is 6.90. The molecule has 1 amide bonds. The summed E-state index contributed by atoms with van der Waals surface area (Å²) < 4.78 is 0. The average Bonchev–Trinajstić information content (AvgIpc) is 2.97. The number of amides is 1. The van der Waals surface area contributed by atoms with Gasteiger partial charge in [0, 0.05) is 23.7 Å². The highest BCUT2D eigenvalue weighted by Gasteiger charge is 2.30. The zero-order chi connectivity index (χ0) is 15.4. The van der Waals surface area contributed by atoms with Gasteiger partial charge in [0.25, 0.3) is 11.6 Å². The molecule has 0 saturated heterocycles. The van der Waals surface area contributed by atoms with Crippen LogP contribution in [0.5, 0.6) is 0 Å². The molecule has 0 unspecified atom stereocenters. The summed E-state index contributed by atoms with van der Waals surface area (Å²) in [4.78, 5) is 24.9. The van der Waals surface area contributed by atoms with E-state index in [1.165, 1.54) is 18.2 Å². The van der Waals surface area contributed by atoms with E-state index in [1.807, 2.05) is 0 Å². The number of carbonyl (C=O) groups excluding carboxylic acids is 1. The number of hydrogen-bond acceptors (Lipinski definition) is 3. The van der Waals surface area contributed by atoms with E-state index in [-0.39, 0.29) is 23.2 Å². The van der Waals surface area contributed by atoms with Gasteiger partial charge in [0.2, 0.25) is 0 Å². The number of carbonyl (C=O) groups is 1. The Morgan fingerprint density at radius 2 is 2.14 bits per heavy atom. The van der Waals surface area contributed by atoms with Crippen LogP contribution < -0.4 is 0 Å².